The van der Waals surface area contributed by atoms with Crippen molar-refractivity contribution in [2.75, 3.05) is 54.5 Å². The van der Waals surface area contributed by atoms with E-state index in [1.54, 1.807) is 18.2 Å². The van der Waals surface area contributed by atoms with Gasteiger partial charge in [-0.25, -0.2) is 0 Å². The van der Waals surface area contributed by atoms with Gasteiger partial charge in [0.25, 0.3) is 0 Å². The van der Waals surface area contributed by atoms with Gasteiger partial charge in [-0.05, 0) is 59.2 Å². The zero-order chi connectivity index (χ0) is 16.4. The minimum atomic E-state index is 0.600. The van der Waals surface area contributed by atoms with E-state index in [1.165, 1.54) is 0 Å². The highest BCUT2D eigenvalue weighted by atomic mass is 16.5. The van der Waals surface area contributed by atoms with Crippen molar-refractivity contribution >= 4 is 6.29 Å². The van der Waals surface area contributed by atoms with Crippen molar-refractivity contribution in [2.45, 2.75) is 12.8 Å². The maximum Gasteiger partial charge on any atom is 0.161 e. The number of carbonyl (C=O) groups is 1. The molecule has 5 nitrogen and oxygen atoms in total. The second-order valence-electron chi connectivity index (χ2n) is 5.83. The van der Waals surface area contributed by atoms with Crippen molar-refractivity contribution < 1.29 is 14.3 Å². The fourth-order valence-electron chi connectivity index (χ4n) is 1.96. The summed E-state index contributed by atoms with van der Waals surface area (Å²) in [7, 11) is 8.15. The molecule has 0 saturated carbocycles. The van der Waals surface area contributed by atoms with Crippen LogP contribution < -0.4 is 9.47 Å². The number of rotatable bonds is 11. The zero-order valence-electron chi connectivity index (χ0n) is 14.2. The lowest BCUT2D eigenvalue weighted by molar-refractivity contribution is 0.112. The smallest absolute Gasteiger partial charge is 0.161 e. The summed E-state index contributed by atoms with van der Waals surface area (Å²) in [4.78, 5) is 15.2. The molecule has 0 N–H and O–H groups in total. The number of aldehydes is 1. The van der Waals surface area contributed by atoms with Crippen molar-refractivity contribution in [3.8, 4) is 11.5 Å². The summed E-state index contributed by atoms with van der Waals surface area (Å²) in [5.41, 5.74) is 0.600. The van der Waals surface area contributed by atoms with E-state index >= 15 is 0 Å². The maximum atomic E-state index is 10.9. The number of nitrogens with zero attached hydrogens (tertiary/aromatic N) is 2. The number of carbonyl (C=O) groups excluding carboxylic acids is 1. The average molecular weight is 308 g/mol. The zero-order valence-corrected chi connectivity index (χ0v) is 14.2. The van der Waals surface area contributed by atoms with E-state index in [4.69, 9.17) is 9.47 Å². The predicted octanol–water partition coefficient (Wildman–Crippen LogP) is 2.16. The molecule has 0 aliphatic carbocycles. The summed E-state index contributed by atoms with van der Waals surface area (Å²) < 4.78 is 11.6. The highest BCUT2D eigenvalue weighted by Crippen LogP contribution is 2.28. The monoisotopic (exact) mass is 308 g/mol. The van der Waals surface area contributed by atoms with Crippen molar-refractivity contribution in [1.82, 2.24) is 9.80 Å². The number of hydrogen-bond acceptors (Lipinski definition) is 5. The molecule has 5 heteroatoms. The van der Waals surface area contributed by atoms with Gasteiger partial charge < -0.3 is 19.3 Å². The largest absolute Gasteiger partial charge is 0.490 e. The summed E-state index contributed by atoms with van der Waals surface area (Å²) in [5, 5.41) is 0. The molecule has 1 aromatic carbocycles. The van der Waals surface area contributed by atoms with Gasteiger partial charge in [-0.2, -0.15) is 0 Å². The predicted molar refractivity (Wildman–Crippen MR) is 89.2 cm³/mol. The quantitative estimate of drug-likeness (QED) is 0.463. The molecule has 0 aliphatic heterocycles. The van der Waals surface area contributed by atoms with Crippen molar-refractivity contribution in [3.05, 3.63) is 23.8 Å². The SMILES string of the molecule is CN(C)CCCOc1ccc(C=O)cc1OCCCN(C)C. The van der Waals surface area contributed by atoms with Crippen molar-refractivity contribution in [1.29, 1.82) is 0 Å². The highest BCUT2D eigenvalue weighted by Gasteiger charge is 2.07. The van der Waals surface area contributed by atoms with E-state index in [2.05, 4.69) is 9.80 Å². The van der Waals surface area contributed by atoms with Gasteiger partial charge >= 0.3 is 0 Å². The molecule has 0 spiro atoms. The molecule has 0 aliphatic rings. The lowest BCUT2D eigenvalue weighted by Gasteiger charge is -2.15. The van der Waals surface area contributed by atoms with Crippen molar-refractivity contribution in [3.63, 3.8) is 0 Å². The van der Waals surface area contributed by atoms with Crippen LogP contribution in [-0.2, 0) is 0 Å². The van der Waals surface area contributed by atoms with E-state index in [0.29, 0.717) is 30.3 Å². The number of benzene rings is 1. The second-order valence-corrected chi connectivity index (χ2v) is 5.83. The van der Waals surface area contributed by atoms with Crippen LogP contribution in [-0.4, -0.2) is 70.6 Å². The van der Waals surface area contributed by atoms with Crippen LogP contribution in [0.4, 0.5) is 0 Å². The Bertz CT molecular complexity index is 448. The van der Waals surface area contributed by atoms with Gasteiger partial charge in [-0.3, -0.25) is 4.79 Å². The minimum absolute atomic E-state index is 0.600. The Morgan fingerprint density at radius 1 is 0.909 bits per heavy atom. The van der Waals surface area contributed by atoms with Gasteiger partial charge in [0.15, 0.2) is 11.5 Å². The van der Waals surface area contributed by atoms with Gasteiger partial charge in [-0.15, -0.1) is 0 Å². The molecule has 1 aromatic rings. The Morgan fingerprint density at radius 2 is 1.45 bits per heavy atom. The first-order valence-electron chi connectivity index (χ1n) is 7.67. The molecule has 0 heterocycles. The molecular weight excluding hydrogens is 280 g/mol. The summed E-state index contributed by atoms with van der Waals surface area (Å²) >= 11 is 0. The molecule has 0 aromatic heterocycles. The molecule has 0 unspecified atom stereocenters. The summed E-state index contributed by atoms with van der Waals surface area (Å²) in [6, 6.07) is 5.30. The standard InChI is InChI=1S/C17H28N2O3/c1-18(2)9-5-11-21-16-8-7-15(14-20)13-17(16)22-12-6-10-19(3)4/h7-8,13-14H,5-6,9-12H2,1-4H3. The van der Waals surface area contributed by atoms with E-state index in [9.17, 15) is 4.79 Å². The molecule has 0 radical (unpaired) electrons. The molecule has 124 valence electrons. The Labute approximate surface area is 133 Å². The van der Waals surface area contributed by atoms with Gasteiger partial charge in [0.1, 0.15) is 6.29 Å². The number of ether oxygens (including phenoxy) is 2. The van der Waals surface area contributed by atoms with E-state index in [-0.39, 0.29) is 0 Å². The maximum absolute atomic E-state index is 10.9. The van der Waals surface area contributed by atoms with Crippen LogP contribution in [0.2, 0.25) is 0 Å². The third-order valence-corrected chi connectivity index (χ3v) is 3.12. The molecular formula is C17H28N2O3. The first-order valence-corrected chi connectivity index (χ1v) is 7.67. The van der Waals surface area contributed by atoms with Crippen LogP contribution in [0.3, 0.4) is 0 Å². The summed E-state index contributed by atoms with van der Waals surface area (Å²) in [6.07, 6.45) is 2.70. The van der Waals surface area contributed by atoms with Gasteiger partial charge in [0.05, 0.1) is 13.2 Å². The van der Waals surface area contributed by atoms with Crippen LogP contribution in [0, 0.1) is 0 Å². The first kappa shape index (κ1) is 18.5. The minimum Gasteiger partial charge on any atom is -0.490 e. The van der Waals surface area contributed by atoms with Gasteiger partial charge in [0, 0.05) is 18.7 Å². The molecule has 0 atom stereocenters. The second kappa shape index (κ2) is 10.2. The summed E-state index contributed by atoms with van der Waals surface area (Å²) in [5.74, 6) is 1.35. The number of hydrogen-bond donors (Lipinski definition) is 0. The lowest BCUT2D eigenvalue weighted by Crippen LogP contribution is -2.16. The molecule has 0 bridgehead atoms. The Kier molecular flexibility index (Phi) is 8.55. The third-order valence-electron chi connectivity index (χ3n) is 3.12. The molecule has 1 rings (SSSR count). The lowest BCUT2D eigenvalue weighted by atomic mass is 10.2. The fraction of sp³-hybridized carbons (Fsp3) is 0.588. The van der Waals surface area contributed by atoms with Crippen LogP contribution in [0.15, 0.2) is 18.2 Å². The van der Waals surface area contributed by atoms with Crippen LogP contribution >= 0.6 is 0 Å². The van der Waals surface area contributed by atoms with Crippen LogP contribution in [0.5, 0.6) is 11.5 Å². The van der Waals surface area contributed by atoms with Crippen molar-refractivity contribution in [2.24, 2.45) is 0 Å². The average Bonchev–Trinajstić information content (AvgIpc) is 2.48. The fourth-order valence-corrected chi connectivity index (χ4v) is 1.96. The van der Waals surface area contributed by atoms with E-state index < -0.39 is 0 Å². The first-order chi connectivity index (χ1) is 10.5. The van der Waals surface area contributed by atoms with E-state index in [1.807, 2.05) is 28.2 Å². The van der Waals surface area contributed by atoms with E-state index in [0.717, 1.165) is 32.2 Å². The Hall–Kier alpha value is -1.59. The van der Waals surface area contributed by atoms with Crippen LogP contribution in [0.1, 0.15) is 23.2 Å². The topological polar surface area (TPSA) is 42.0 Å². The molecule has 0 amide bonds. The summed E-state index contributed by atoms with van der Waals surface area (Å²) in [6.45, 7) is 3.18. The third kappa shape index (κ3) is 7.43. The van der Waals surface area contributed by atoms with Crippen LogP contribution in [0.25, 0.3) is 0 Å². The Morgan fingerprint density at radius 3 is 1.95 bits per heavy atom. The molecule has 22 heavy (non-hydrogen) atoms. The molecule has 0 saturated heterocycles. The Balaban J connectivity index is 2.56. The van der Waals surface area contributed by atoms with Gasteiger partial charge in [0.2, 0.25) is 0 Å². The molecule has 0 fully saturated rings. The normalized spacial score (nSPS) is 11.0. The highest BCUT2D eigenvalue weighted by molar-refractivity contribution is 5.76. The van der Waals surface area contributed by atoms with Gasteiger partial charge in [-0.1, -0.05) is 0 Å².